The standard InChI is InChI=1S/C12H13F5IN/c1-6-8(5-18(2)19-17)7-3-4-9(13)11(14)10(7)12(6,15)16/h3-4,6,8,19H,5H2,1-2H3. The summed E-state index contributed by atoms with van der Waals surface area (Å²) < 4.78 is 69.2. The summed E-state index contributed by atoms with van der Waals surface area (Å²) in [6.45, 7) is 1.30. The van der Waals surface area contributed by atoms with Crippen LogP contribution in [-0.2, 0) is 5.92 Å². The quantitative estimate of drug-likeness (QED) is 0.349. The van der Waals surface area contributed by atoms with E-state index >= 15 is 0 Å². The van der Waals surface area contributed by atoms with E-state index in [0.717, 1.165) is 6.07 Å². The van der Waals surface area contributed by atoms with Crippen LogP contribution >= 0.6 is 20.1 Å². The molecule has 0 spiro atoms. The number of benzene rings is 1. The average molecular weight is 393 g/mol. The third kappa shape index (κ3) is 2.35. The van der Waals surface area contributed by atoms with Crippen molar-refractivity contribution in [3.63, 3.8) is 0 Å². The van der Waals surface area contributed by atoms with Crippen molar-refractivity contribution in [2.24, 2.45) is 5.92 Å². The number of halogens is 6. The summed E-state index contributed by atoms with van der Waals surface area (Å²) in [6.07, 6.45) is 0. The molecule has 2 rings (SSSR count). The second kappa shape index (κ2) is 5.16. The van der Waals surface area contributed by atoms with Crippen LogP contribution in [0.15, 0.2) is 12.1 Å². The molecule has 0 bridgehead atoms. The molecule has 1 aliphatic carbocycles. The molecule has 0 fully saturated rings. The van der Waals surface area contributed by atoms with Crippen LogP contribution in [0.4, 0.5) is 22.0 Å². The third-order valence-corrected chi connectivity index (χ3v) is 6.52. The summed E-state index contributed by atoms with van der Waals surface area (Å²) >= 11 is -2.16. The van der Waals surface area contributed by atoms with Crippen molar-refractivity contribution in [2.45, 2.75) is 18.8 Å². The summed E-state index contributed by atoms with van der Waals surface area (Å²) in [7, 11) is 0. The van der Waals surface area contributed by atoms with Crippen molar-refractivity contribution >= 4 is 20.1 Å². The maximum atomic E-state index is 14.1. The summed E-state index contributed by atoms with van der Waals surface area (Å²) in [6, 6.07) is 2.05. The molecule has 2 atom stereocenters. The zero-order valence-electron chi connectivity index (χ0n) is 10.3. The van der Waals surface area contributed by atoms with Gasteiger partial charge in [0.2, 0.25) is 0 Å². The van der Waals surface area contributed by atoms with Crippen LogP contribution in [0.5, 0.6) is 0 Å². The zero-order valence-corrected chi connectivity index (χ0v) is 12.4. The van der Waals surface area contributed by atoms with E-state index in [4.69, 9.17) is 0 Å². The van der Waals surface area contributed by atoms with Gasteiger partial charge < -0.3 is 0 Å². The van der Waals surface area contributed by atoms with Crippen LogP contribution in [0.1, 0.15) is 24.0 Å². The van der Waals surface area contributed by atoms with Crippen LogP contribution < -0.4 is 3.75 Å². The van der Waals surface area contributed by atoms with E-state index < -0.39 is 55.0 Å². The summed E-state index contributed by atoms with van der Waals surface area (Å²) in [5, 5.41) is 0. The number of fused-ring (bicyclic) bond motifs is 1. The second-order valence-corrected chi connectivity index (χ2v) is 9.31. The van der Waals surface area contributed by atoms with Crippen molar-refractivity contribution in [2.75, 3.05) is 9.36 Å². The molecule has 0 saturated heterocycles. The Bertz CT molecular complexity index is 493. The van der Waals surface area contributed by atoms with Crippen LogP contribution in [0, 0.1) is 17.6 Å². The fraction of sp³-hybridized carbons (Fsp3) is 0.500. The Hall–Kier alpha value is -0.440. The van der Waals surface area contributed by atoms with Gasteiger partial charge in [0, 0.05) is 0 Å². The topological polar surface area (TPSA) is 12.0 Å². The van der Waals surface area contributed by atoms with Gasteiger partial charge in [-0.25, -0.2) is 0 Å². The Morgan fingerprint density at radius 2 is 1.95 bits per heavy atom. The SMILES string of the molecule is CC1C(CI(C)NF)c2ccc(F)c(F)c2C1(F)F. The predicted octanol–water partition coefficient (Wildman–Crippen LogP) is 4.32. The summed E-state index contributed by atoms with van der Waals surface area (Å²) in [4.78, 5) is 1.66. The van der Waals surface area contributed by atoms with Gasteiger partial charge in [0.25, 0.3) is 0 Å². The van der Waals surface area contributed by atoms with Gasteiger partial charge in [0.05, 0.1) is 0 Å². The Kier molecular flexibility index (Phi) is 4.06. The molecule has 0 heterocycles. The molecule has 2 unspecified atom stereocenters. The van der Waals surface area contributed by atoms with Crippen molar-refractivity contribution in [1.29, 1.82) is 0 Å². The van der Waals surface area contributed by atoms with Gasteiger partial charge in [0.15, 0.2) is 0 Å². The van der Waals surface area contributed by atoms with Gasteiger partial charge in [-0.1, -0.05) is 0 Å². The molecule has 7 heteroatoms. The molecule has 19 heavy (non-hydrogen) atoms. The first-order valence-corrected chi connectivity index (χ1v) is 10.3. The van der Waals surface area contributed by atoms with Gasteiger partial charge in [-0.2, -0.15) is 0 Å². The number of nitrogens with one attached hydrogen (secondary N) is 1. The number of hydrogen-bond donors (Lipinski definition) is 1. The Morgan fingerprint density at radius 3 is 2.53 bits per heavy atom. The third-order valence-electron chi connectivity index (χ3n) is 3.55. The monoisotopic (exact) mass is 393 g/mol. The van der Waals surface area contributed by atoms with Crippen LogP contribution in [0.25, 0.3) is 0 Å². The molecule has 1 aromatic rings. The van der Waals surface area contributed by atoms with Gasteiger partial charge in [-0.15, -0.1) is 0 Å². The predicted molar refractivity (Wildman–Crippen MR) is 71.2 cm³/mol. The molecule has 1 nitrogen and oxygen atoms in total. The van der Waals surface area contributed by atoms with Crippen LogP contribution in [0.2, 0.25) is 0 Å². The molecule has 0 aliphatic heterocycles. The fourth-order valence-corrected chi connectivity index (χ4v) is 5.29. The van der Waals surface area contributed by atoms with Gasteiger partial charge in [0.1, 0.15) is 0 Å². The van der Waals surface area contributed by atoms with E-state index in [-0.39, 0.29) is 9.99 Å². The number of hydrogen-bond acceptors (Lipinski definition) is 1. The molecule has 0 amide bonds. The number of rotatable bonds is 3. The molecule has 0 saturated carbocycles. The average Bonchev–Trinajstić information content (AvgIpc) is 2.55. The first-order chi connectivity index (χ1) is 8.80. The molecule has 0 aromatic heterocycles. The van der Waals surface area contributed by atoms with Crippen molar-refractivity contribution in [3.05, 3.63) is 34.9 Å². The molecule has 1 aliphatic rings. The molecular formula is C12H13F5IN. The maximum absolute atomic E-state index is 14.1. The van der Waals surface area contributed by atoms with Crippen LogP contribution in [0.3, 0.4) is 0 Å². The first kappa shape index (κ1) is 15.0. The second-order valence-electron chi connectivity index (χ2n) is 4.66. The van der Waals surface area contributed by atoms with Gasteiger partial charge in [-0.05, 0) is 0 Å². The summed E-state index contributed by atoms with van der Waals surface area (Å²) in [5.74, 6) is -7.98. The van der Waals surface area contributed by atoms with Crippen LogP contribution in [-0.4, -0.2) is 9.36 Å². The fourth-order valence-electron chi connectivity index (χ4n) is 2.46. The van der Waals surface area contributed by atoms with Crippen molar-refractivity contribution in [1.82, 2.24) is 3.75 Å². The normalized spacial score (nSPS) is 25.3. The van der Waals surface area contributed by atoms with Crippen molar-refractivity contribution < 1.29 is 22.0 Å². The first-order valence-electron chi connectivity index (χ1n) is 5.59. The summed E-state index contributed by atoms with van der Waals surface area (Å²) in [5.41, 5.74) is -0.746. The molecule has 1 aromatic carbocycles. The molecule has 1 N–H and O–H groups in total. The van der Waals surface area contributed by atoms with E-state index in [1.807, 2.05) is 0 Å². The Labute approximate surface area is 115 Å². The molecular weight excluding hydrogens is 380 g/mol. The Balaban J connectivity index is 2.50. The van der Waals surface area contributed by atoms with E-state index in [9.17, 15) is 22.0 Å². The van der Waals surface area contributed by atoms with Gasteiger partial charge in [-0.3, -0.25) is 0 Å². The minimum absolute atomic E-state index is 0.107. The Morgan fingerprint density at radius 1 is 1.32 bits per heavy atom. The van der Waals surface area contributed by atoms with E-state index in [2.05, 4.69) is 0 Å². The molecule has 108 valence electrons. The van der Waals surface area contributed by atoms with Crippen molar-refractivity contribution in [3.8, 4) is 0 Å². The minimum atomic E-state index is -3.42. The van der Waals surface area contributed by atoms with E-state index in [0.29, 0.717) is 0 Å². The number of alkyl halides is 4. The van der Waals surface area contributed by atoms with Gasteiger partial charge >= 0.3 is 115 Å². The van der Waals surface area contributed by atoms with E-state index in [1.165, 1.54) is 13.0 Å². The molecule has 0 radical (unpaired) electrons. The van der Waals surface area contributed by atoms with E-state index in [1.54, 1.807) is 8.68 Å². The zero-order chi connectivity index (χ0) is 14.4.